The number of amides is 1. The van der Waals surface area contributed by atoms with Gasteiger partial charge in [0.25, 0.3) is 0 Å². The van der Waals surface area contributed by atoms with Gasteiger partial charge >= 0.3 is 0 Å². The molecule has 0 bridgehead atoms. The Labute approximate surface area is 166 Å². The van der Waals surface area contributed by atoms with Crippen LogP contribution < -0.4 is 5.32 Å². The van der Waals surface area contributed by atoms with Crippen LogP contribution in [0.2, 0.25) is 0 Å². The monoisotopic (exact) mass is 404 g/mol. The number of nitrogens with one attached hydrogen (secondary N) is 1. The zero-order valence-corrected chi connectivity index (χ0v) is 17.4. The van der Waals surface area contributed by atoms with E-state index in [1.54, 1.807) is 26.1 Å². The SMILES string of the molecule is Cc1ccc(NC(=O)[C@H](CC2CCCC2)n2cc(S(=O)(=O)C(C)C)cn2)nc1. The molecule has 2 heterocycles. The Hall–Kier alpha value is -2.22. The summed E-state index contributed by atoms with van der Waals surface area (Å²) in [6.07, 6.45) is 9.68. The van der Waals surface area contributed by atoms with Gasteiger partial charge in [0.1, 0.15) is 16.8 Å². The van der Waals surface area contributed by atoms with E-state index in [9.17, 15) is 13.2 Å². The van der Waals surface area contributed by atoms with Crippen LogP contribution in [0.1, 0.15) is 57.6 Å². The van der Waals surface area contributed by atoms with E-state index in [2.05, 4.69) is 15.4 Å². The van der Waals surface area contributed by atoms with Crippen molar-refractivity contribution in [3.05, 3.63) is 36.3 Å². The topological polar surface area (TPSA) is 94.0 Å². The molecule has 1 saturated carbocycles. The first-order valence-electron chi connectivity index (χ1n) is 9.79. The Kier molecular flexibility index (Phi) is 6.17. The lowest BCUT2D eigenvalue weighted by Crippen LogP contribution is -2.28. The van der Waals surface area contributed by atoms with Gasteiger partial charge < -0.3 is 5.32 Å². The van der Waals surface area contributed by atoms with E-state index in [1.807, 2.05) is 13.0 Å². The third kappa shape index (κ3) is 4.60. The molecule has 1 amide bonds. The van der Waals surface area contributed by atoms with Crippen LogP contribution in [0.3, 0.4) is 0 Å². The molecule has 1 aliphatic carbocycles. The molecule has 28 heavy (non-hydrogen) atoms. The van der Waals surface area contributed by atoms with Gasteiger partial charge in [-0.3, -0.25) is 9.48 Å². The molecular formula is C20H28N4O3S. The Balaban J connectivity index is 1.85. The standard InChI is InChI=1S/C20H28N4O3S/c1-14(2)28(26,27)17-12-22-24(13-17)18(10-16-6-4-5-7-16)20(25)23-19-9-8-15(3)11-21-19/h8-9,11-14,16,18H,4-7,10H2,1-3H3,(H,21,23,25)/t18-/m0/s1. The molecule has 7 nitrogen and oxygen atoms in total. The molecule has 2 aromatic rings. The van der Waals surface area contributed by atoms with Gasteiger partial charge in [-0.1, -0.05) is 31.7 Å². The summed E-state index contributed by atoms with van der Waals surface area (Å²) in [6, 6.07) is 3.08. The van der Waals surface area contributed by atoms with E-state index in [0.717, 1.165) is 18.4 Å². The first kappa shape index (κ1) is 20.5. The molecule has 1 atom stereocenters. The summed E-state index contributed by atoms with van der Waals surface area (Å²) >= 11 is 0. The van der Waals surface area contributed by atoms with Crippen molar-refractivity contribution in [2.24, 2.45) is 5.92 Å². The summed E-state index contributed by atoms with van der Waals surface area (Å²) in [5, 5.41) is 6.55. The summed E-state index contributed by atoms with van der Waals surface area (Å²) in [5.41, 5.74) is 1.01. The van der Waals surface area contributed by atoms with Gasteiger partial charge in [-0.25, -0.2) is 13.4 Å². The fraction of sp³-hybridized carbons (Fsp3) is 0.550. The van der Waals surface area contributed by atoms with Crippen LogP contribution in [0.15, 0.2) is 35.6 Å². The molecule has 0 radical (unpaired) electrons. The molecule has 2 aromatic heterocycles. The van der Waals surface area contributed by atoms with Crippen LogP contribution in [0.5, 0.6) is 0 Å². The highest BCUT2D eigenvalue weighted by atomic mass is 32.2. The molecule has 1 aliphatic rings. The lowest BCUT2D eigenvalue weighted by molar-refractivity contribution is -0.120. The van der Waals surface area contributed by atoms with E-state index < -0.39 is 21.1 Å². The van der Waals surface area contributed by atoms with Crippen LogP contribution in [-0.2, 0) is 14.6 Å². The number of carbonyl (C=O) groups is 1. The Bertz CT molecular complexity index is 913. The molecule has 0 aromatic carbocycles. The van der Waals surface area contributed by atoms with Crippen LogP contribution in [0, 0.1) is 12.8 Å². The summed E-state index contributed by atoms with van der Waals surface area (Å²) in [5.74, 6) is 0.699. The van der Waals surface area contributed by atoms with Crippen molar-refractivity contribution in [2.75, 3.05) is 5.32 Å². The molecule has 0 aliphatic heterocycles. The molecule has 3 rings (SSSR count). The lowest BCUT2D eigenvalue weighted by atomic mass is 9.98. The van der Waals surface area contributed by atoms with Crippen molar-refractivity contribution in [3.63, 3.8) is 0 Å². The van der Waals surface area contributed by atoms with Crippen molar-refractivity contribution in [1.82, 2.24) is 14.8 Å². The van der Waals surface area contributed by atoms with Gasteiger partial charge in [0.2, 0.25) is 5.91 Å². The van der Waals surface area contributed by atoms with Crippen LogP contribution in [0.25, 0.3) is 0 Å². The fourth-order valence-electron chi connectivity index (χ4n) is 3.56. The average Bonchev–Trinajstić information content (AvgIpc) is 3.33. The van der Waals surface area contributed by atoms with E-state index in [-0.39, 0.29) is 10.8 Å². The minimum atomic E-state index is -3.43. The number of hydrogen-bond donors (Lipinski definition) is 1. The van der Waals surface area contributed by atoms with Crippen molar-refractivity contribution >= 4 is 21.6 Å². The predicted molar refractivity (Wildman–Crippen MR) is 108 cm³/mol. The van der Waals surface area contributed by atoms with Gasteiger partial charge in [0.15, 0.2) is 9.84 Å². The van der Waals surface area contributed by atoms with Crippen molar-refractivity contribution in [3.8, 4) is 0 Å². The number of hydrogen-bond acceptors (Lipinski definition) is 5. The molecule has 152 valence electrons. The second-order valence-electron chi connectivity index (χ2n) is 7.86. The molecule has 1 N–H and O–H groups in total. The number of nitrogens with zero attached hydrogens (tertiary/aromatic N) is 3. The summed E-state index contributed by atoms with van der Waals surface area (Å²) in [7, 11) is -3.43. The minimum absolute atomic E-state index is 0.153. The van der Waals surface area contributed by atoms with Crippen LogP contribution in [-0.4, -0.2) is 34.3 Å². The summed E-state index contributed by atoms with van der Waals surface area (Å²) < 4.78 is 26.4. The second-order valence-corrected chi connectivity index (χ2v) is 10.4. The maximum Gasteiger partial charge on any atom is 0.250 e. The molecule has 0 saturated heterocycles. The Morgan fingerprint density at radius 2 is 1.96 bits per heavy atom. The lowest BCUT2D eigenvalue weighted by Gasteiger charge is -2.20. The average molecular weight is 405 g/mol. The molecular weight excluding hydrogens is 376 g/mol. The number of aryl methyl sites for hydroxylation is 1. The van der Waals surface area contributed by atoms with E-state index in [4.69, 9.17) is 0 Å². The minimum Gasteiger partial charge on any atom is -0.309 e. The fourth-order valence-corrected chi connectivity index (χ4v) is 4.55. The maximum atomic E-state index is 13.0. The zero-order chi connectivity index (χ0) is 20.3. The highest BCUT2D eigenvalue weighted by Gasteiger charge is 2.29. The van der Waals surface area contributed by atoms with Gasteiger partial charge in [0.05, 0.1) is 11.4 Å². The highest BCUT2D eigenvalue weighted by molar-refractivity contribution is 7.92. The Morgan fingerprint density at radius 3 is 2.57 bits per heavy atom. The summed E-state index contributed by atoms with van der Waals surface area (Å²) in [6.45, 7) is 5.21. The van der Waals surface area contributed by atoms with E-state index in [0.29, 0.717) is 18.2 Å². The zero-order valence-electron chi connectivity index (χ0n) is 16.6. The smallest absolute Gasteiger partial charge is 0.250 e. The third-order valence-corrected chi connectivity index (χ3v) is 7.45. The summed E-state index contributed by atoms with van der Waals surface area (Å²) in [4.78, 5) is 17.4. The number of rotatable bonds is 7. The third-order valence-electron chi connectivity index (χ3n) is 5.34. The van der Waals surface area contributed by atoms with Gasteiger partial charge in [0, 0.05) is 12.4 Å². The molecule has 1 fully saturated rings. The predicted octanol–water partition coefficient (Wildman–Crippen LogP) is 3.53. The van der Waals surface area contributed by atoms with E-state index in [1.165, 1.54) is 29.9 Å². The van der Waals surface area contributed by atoms with Gasteiger partial charge in [-0.05, 0) is 44.7 Å². The van der Waals surface area contributed by atoms with Crippen molar-refractivity contribution < 1.29 is 13.2 Å². The quantitative estimate of drug-likeness (QED) is 0.762. The Morgan fingerprint density at radius 1 is 1.25 bits per heavy atom. The number of pyridine rings is 1. The van der Waals surface area contributed by atoms with Crippen LogP contribution in [0.4, 0.5) is 5.82 Å². The first-order valence-corrected chi connectivity index (χ1v) is 11.3. The van der Waals surface area contributed by atoms with Gasteiger partial charge in [-0.15, -0.1) is 0 Å². The van der Waals surface area contributed by atoms with Crippen LogP contribution >= 0.6 is 0 Å². The largest absolute Gasteiger partial charge is 0.309 e. The number of anilines is 1. The first-order chi connectivity index (χ1) is 13.3. The van der Waals surface area contributed by atoms with Crippen molar-refractivity contribution in [1.29, 1.82) is 0 Å². The highest BCUT2D eigenvalue weighted by Crippen LogP contribution is 2.32. The normalized spacial score (nSPS) is 16.4. The van der Waals surface area contributed by atoms with Gasteiger partial charge in [-0.2, -0.15) is 5.10 Å². The van der Waals surface area contributed by atoms with Crippen molar-refractivity contribution in [2.45, 2.75) is 69.1 Å². The molecule has 0 spiro atoms. The number of carbonyl (C=O) groups excluding carboxylic acids is 1. The van der Waals surface area contributed by atoms with E-state index >= 15 is 0 Å². The number of aromatic nitrogens is 3. The second kappa shape index (κ2) is 8.43. The number of sulfone groups is 1. The maximum absolute atomic E-state index is 13.0. The molecule has 8 heteroatoms. The molecule has 0 unspecified atom stereocenters.